The molecule has 0 spiro atoms. The quantitative estimate of drug-likeness (QED) is 0.528. The van der Waals surface area contributed by atoms with Crippen LogP contribution in [0.25, 0.3) is 0 Å². The number of rotatable bonds is 8. The number of sulfonamides is 1. The zero-order chi connectivity index (χ0) is 24.0. The van der Waals surface area contributed by atoms with Crippen molar-refractivity contribution < 1.29 is 27.4 Å². The van der Waals surface area contributed by atoms with Crippen molar-refractivity contribution >= 4 is 21.6 Å². The van der Waals surface area contributed by atoms with E-state index < -0.39 is 15.9 Å². The summed E-state index contributed by atoms with van der Waals surface area (Å²) < 4.78 is 43.9. The SMILES string of the molecule is COc1ccc(C(=O)Nc2ccc(OCc3ccccc3)cc2)cc1S(=O)(=O)N1CCOCC1. The lowest BCUT2D eigenvalue weighted by Crippen LogP contribution is -2.40. The van der Waals surface area contributed by atoms with E-state index in [1.807, 2.05) is 30.3 Å². The molecule has 1 heterocycles. The molecule has 178 valence electrons. The van der Waals surface area contributed by atoms with Crippen molar-refractivity contribution in [3.05, 3.63) is 83.9 Å². The first-order valence-electron chi connectivity index (χ1n) is 10.8. The smallest absolute Gasteiger partial charge is 0.255 e. The Morgan fingerprint density at radius 3 is 2.38 bits per heavy atom. The summed E-state index contributed by atoms with van der Waals surface area (Å²) in [5.41, 5.74) is 1.82. The molecule has 0 aliphatic carbocycles. The zero-order valence-electron chi connectivity index (χ0n) is 18.8. The summed E-state index contributed by atoms with van der Waals surface area (Å²) in [5.74, 6) is 0.423. The first kappa shape index (κ1) is 23.7. The highest BCUT2D eigenvalue weighted by Crippen LogP contribution is 2.29. The predicted octanol–water partition coefficient (Wildman–Crippen LogP) is 3.55. The minimum Gasteiger partial charge on any atom is -0.495 e. The standard InChI is InChI=1S/C25H26N2O6S/c1-31-23-12-7-20(17-24(23)34(29,30)27-13-15-32-16-14-27)25(28)26-21-8-10-22(11-9-21)33-18-19-5-3-2-4-6-19/h2-12,17H,13-16,18H2,1H3,(H,26,28). The van der Waals surface area contributed by atoms with E-state index in [0.29, 0.717) is 31.3 Å². The van der Waals surface area contributed by atoms with Gasteiger partial charge in [-0.25, -0.2) is 8.42 Å². The molecule has 1 fully saturated rings. The van der Waals surface area contributed by atoms with E-state index in [1.165, 1.54) is 29.6 Å². The van der Waals surface area contributed by atoms with Gasteiger partial charge in [0.2, 0.25) is 10.0 Å². The number of methoxy groups -OCH3 is 1. The molecule has 1 N–H and O–H groups in total. The lowest BCUT2D eigenvalue weighted by molar-refractivity contribution is 0.0729. The van der Waals surface area contributed by atoms with Gasteiger partial charge in [0.05, 0.1) is 20.3 Å². The molecule has 1 saturated heterocycles. The van der Waals surface area contributed by atoms with Crippen LogP contribution in [-0.4, -0.2) is 52.0 Å². The zero-order valence-corrected chi connectivity index (χ0v) is 19.6. The van der Waals surface area contributed by atoms with Crippen LogP contribution in [0.4, 0.5) is 5.69 Å². The van der Waals surface area contributed by atoms with Crippen LogP contribution in [0.5, 0.6) is 11.5 Å². The van der Waals surface area contributed by atoms with Crippen molar-refractivity contribution in [1.82, 2.24) is 4.31 Å². The Morgan fingerprint density at radius 2 is 1.71 bits per heavy atom. The van der Waals surface area contributed by atoms with Crippen molar-refractivity contribution in [3.8, 4) is 11.5 Å². The summed E-state index contributed by atoms with van der Waals surface area (Å²) >= 11 is 0. The van der Waals surface area contributed by atoms with Crippen LogP contribution in [0.3, 0.4) is 0 Å². The molecule has 4 rings (SSSR count). The maximum atomic E-state index is 13.1. The second-order valence-electron chi connectivity index (χ2n) is 7.63. The van der Waals surface area contributed by atoms with Crippen LogP contribution in [-0.2, 0) is 21.4 Å². The summed E-state index contributed by atoms with van der Waals surface area (Å²) in [7, 11) is -2.44. The fraction of sp³-hybridized carbons (Fsp3) is 0.240. The van der Waals surface area contributed by atoms with Gasteiger partial charge in [-0.2, -0.15) is 4.31 Å². The van der Waals surface area contributed by atoms with E-state index in [9.17, 15) is 13.2 Å². The number of carbonyl (C=O) groups excluding carboxylic acids is 1. The average molecular weight is 483 g/mol. The molecular weight excluding hydrogens is 456 g/mol. The highest BCUT2D eigenvalue weighted by Gasteiger charge is 2.30. The van der Waals surface area contributed by atoms with Crippen molar-refractivity contribution in [2.24, 2.45) is 0 Å². The number of hydrogen-bond acceptors (Lipinski definition) is 6. The molecule has 0 atom stereocenters. The second kappa shape index (κ2) is 10.7. The maximum absolute atomic E-state index is 13.1. The summed E-state index contributed by atoms with van der Waals surface area (Å²) in [5, 5.41) is 2.79. The van der Waals surface area contributed by atoms with E-state index in [4.69, 9.17) is 14.2 Å². The number of ether oxygens (including phenoxy) is 3. The Morgan fingerprint density at radius 1 is 1.00 bits per heavy atom. The van der Waals surface area contributed by atoms with Crippen molar-refractivity contribution in [3.63, 3.8) is 0 Å². The number of nitrogens with one attached hydrogen (secondary N) is 1. The van der Waals surface area contributed by atoms with Crippen LogP contribution in [0.2, 0.25) is 0 Å². The predicted molar refractivity (Wildman–Crippen MR) is 128 cm³/mol. The van der Waals surface area contributed by atoms with Gasteiger partial charge in [0, 0.05) is 24.3 Å². The van der Waals surface area contributed by atoms with Crippen LogP contribution in [0, 0.1) is 0 Å². The summed E-state index contributed by atoms with van der Waals surface area (Å²) in [6, 6.07) is 21.2. The van der Waals surface area contributed by atoms with Gasteiger partial charge in [-0.1, -0.05) is 30.3 Å². The average Bonchev–Trinajstić information content (AvgIpc) is 2.89. The minimum atomic E-state index is -3.84. The molecule has 1 aliphatic heterocycles. The summed E-state index contributed by atoms with van der Waals surface area (Å²) in [4.78, 5) is 12.8. The molecular formula is C25H26N2O6S. The monoisotopic (exact) mass is 482 g/mol. The molecule has 3 aromatic rings. The van der Waals surface area contributed by atoms with E-state index in [2.05, 4.69) is 5.32 Å². The largest absolute Gasteiger partial charge is 0.495 e. The molecule has 1 amide bonds. The minimum absolute atomic E-state index is 0.0470. The number of hydrogen-bond donors (Lipinski definition) is 1. The highest BCUT2D eigenvalue weighted by molar-refractivity contribution is 7.89. The van der Waals surface area contributed by atoms with E-state index >= 15 is 0 Å². The molecule has 1 aliphatic rings. The van der Waals surface area contributed by atoms with E-state index in [0.717, 1.165) is 5.56 Å². The number of carbonyl (C=O) groups is 1. The Balaban J connectivity index is 1.46. The molecule has 0 radical (unpaired) electrons. The van der Waals surface area contributed by atoms with E-state index in [1.54, 1.807) is 24.3 Å². The van der Waals surface area contributed by atoms with Crippen molar-refractivity contribution in [2.45, 2.75) is 11.5 Å². The Labute approximate surface area is 199 Å². The van der Waals surface area contributed by atoms with Crippen LogP contribution in [0.15, 0.2) is 77.7 Å². The number of benzene rings is 3. The molecule has 3 aromatic carbocycles. The van der Waals surface area contributed by atoms with E-state index in [-0.39, 0.29) is 29.3 Å². The molecule has 0 bridgehead atoms. The van der Waals surface area contributed by atoms with Crippen molar-refractivity contribution in [2.75, 3.05) is 38.7 Å². The molecule has 0 aromatic heterocycles. The number of nitrogens with zero attached hydrogens (tertiary/aromatic N) is 1. The van der Waals surface area contributed by atoms with Crippen LogP contribution >= 0.6 is 0 Å². The molecule has 9 heteroatoms. The third kappa shape index (κ3) is 5.56. The Hall–Kier alpha value is -3.40. The molecule has 34 heavy (non-hydrogen) atoms. The first-order valence-corrected chi connectivity index (χ1v) is 12.3. The van der Waals surface area contributed by atoms with Crippen LogP contribution < -0.4 is 14.8 Å². The normalized spacial score (nSPS) is 14.4. The second-order valence-corrected chi connectivity index (χ2v) is 9.54. The summed E-state index contributed by atoms with van der Waals surface area (Å²) in [6.07, 6.45) is 0. The molecule has 8 nitrogen and oxygen atoms in total. The van der Waals surface area contributed by atoms with Gasteiger partial charge in [0.15, 0.2) is 0 Å². The van der Waals surface area contributed by atoms with Gasteiger partial charge in [0.1, 0.15) is 23.0 Å². The third-order valence-electron chi connectivity index (χ3n) is 5.37. The molecule has 0 saturated carbocycles. The Kier molecular flexibility index (Phi) is 7.46. The highest BCUT2D eigenvalue weighted by atomic mass is 32.2. The van der Waals surface area contributed by atoms with Gasteiger partial charge in [-0.3, -0.25) is 4.79 Å². The fourth-order valence-corrected chi connectivity index (χ4v) is 5.11. The number of amides is 1. The van der Waals surface area contributed by atoms with Gasteiger partial charge in [0.25, 0.3) is 5.91 Å². The van der Waals surface area contributed by atoms with Gasteiger partial charge >= 0.3 is 0 Å². The lowest BCUT2D eigenvalue weighted by atomic mass is 10.2. The van der Waals surface area contributed by atoms with Gasteiger partial charge < -0.3 is 19.5 Å². The lowest BCUT2D eigenvalue weighted by Gasteiger charge is -2.26. The van der Waals surface area contributed by atoms with Crippen LogP contribution in [0.1, 0.15) is 15.9 Å². The summed E-state index contributed by atoms with van der Waals surface area (Å²) in [6.45, 7) is 1.60. The third-order valence-corrected chi connectivity index (χ3v) is 7.29. The Bertz CT molecular complexity index is 1220. The topological polar surface area (TPSA) is 94.2 Å². The maximum Gasteiger partial charge on any atom is 0.255 e. The number of morpholine rings is 1. The number of anilines is 1. The van der Waals surface area contributed by atoms with Gasteiger partial charge in [-0.15, -0.1) is 0 Å². The molecule has 0 unspecified atom stereocenters. The fourth-order valence-electron chi connectivity index (χ4n) is 3.52. The van der Waals surface area contributed by atoms with Crippen molar-refractivity contribution in [1.29, 1.82) is 0 Å². The first-order chi connectivity index (χ1) is 16.5. The van der Waals surface area contributed by atoms with Gasteiger partial charge in [-0.05, 0) is 48.0 Å².